The van der Waals surface area contributed by atoms with Crippen LogP contribution in [-0.2, 0) is 0 Å². The van der Waals surface area contributed by atoms with Crippen molar-refractivity contribution >= 4 is 5.82 Å². The zero-order valence-electron chi connectivity index (χ0n) is 7.25. The Hall–Kier alpha value is -1.68. The molecule has 0 aliphatic carbocycles. The number of hydrogen-bond donors (Lipinski definition) is 4. The van der Waals surface area contributed by atoms with E-state index in [0.717, 1.165) is 0 Å². The predicted octanol–water partition coefficient (Wildman–Crippen LogP) is -0.715. The van der Waals surface area contributed by atoms with Crippen LogP contribution in [0.5, 0.6) is 0 Å². The van der Waals surface area contributed by atoms with Crippen LogP contribution in [0.25, 0.3) is 0 Å². The van der Waals surface area contributed by atoms with E-state index in [0.29, 0.717) is 5.82 Å². The van der Waals surface area contributed by atoms with Gasteiger partial charge >= 0.3 is 0 Å². The van der Waals surface area contributed by atoms with Crippen LogP contribution in [0.15, 0.2) is 18.2 Å². The van der Waals surface area contributed by atoms with Crippen LogP contribution in [0.2, 0.25) is 0 Å². The van der Waals surface area contributed by atoms with Crippen LogP contribution < -0.4 is 11.3 Å². The molecule has 0 saturated heterocycles. The molecule has 6 heteroatoms. The smallest absolute Gasteiger partial charge is 0.171 e. The Balaban J connectivity index is 2.90. The fourth-order valence-electron chi connectivity index (χ4n) is 0.929. The second kappa shape index (κ2) is 4.53. The highest BCUT2D eigenvalue weighted by Gasteiger charge is 2.18. The average molecular weight is 194 g/mol. The predicted molar refractivity (Wildman–Crippen MR) is 48.6 cm³/mol. The number of nitrogens with two attached hydrogens (primary N) is 1. The molecule has 0 aromatic carbocycles. The number of aliphatic hydroxyl groups excluding tert-OH is 2. The number of anilines is 1. The number of hydrogen-bond acceptors (Lipinski definition) is 6. The first-order chi connectivity index (χ1) is 6.69. The Morgan fingerprint density at radius 3 is 2.79 bits per heavy atom. The van der Waals surface area contributed by atoms with E-state index in [1.165, 1.54) is 12.1 Å². The number of nitrogen functional groups attached to an aromatic ring is 1. The maximum Gasteiger partial charge on any atom is 0.171 e. The third kappa shape index (κ3) is 2.17. The highest BCUT2D eigenvalue weighted by atomic mass is 16.3. The maximum atomic E-state index is 9.41. The highest BCUT2D eigenvalue weighted by Crippen LogP contribution is 2.15. The van der Waals surface area contributed by atoms with E-state index in [9.17, 15) is 5.11 Å². The van der Waals surface area contributed by atoms with E-state index in [1.54, 1.807) is 12.1 Å². The minimum absolute atomic E-state index is 0.189. The molecule has 0 radical (unpaired) electrons. The van der Waals surface area contributed by atoms with Crippen molar-refractivity contribution in [1.82, 2.24) is 4.98 Å². The van der Waals surface area contributed by atoms with Crippen LogP contribution in [-0.4, -0.2) is 21.3 Å². The molecule has 0 amide bonds. The topological polar surface area (TPSA) is 115 Å². The van der Waals surface area contributed by atoms with Gasteiger partial charge in [-0.25, -0.2) is 10.8 Å². The molecule has 1 heterocycles. The van der Waals surface area contributed by atoms with E-state index >= 15 is 0 Å². The molecule has 0 aliphatic heterocycles. The summed E-state index contributed by atoms with van der Waals surface area (Å²) in [4.78, 5) is 3.86. The summed E-state index contributed by atoms with van der Waals surface area (Å²) < 4.78 is 0. The molecule has 1 aromatic heterocycles. The van der Waals surface area contributed by atoms with Gasteiger partial charge in [0.2, 0.25) is 0 Å². The summed E-state index contributed by atoms with van der Waals surface area (Å²) in [6, 6.07) is 6.20. The lowest BCUT2D eigenvalue weighted by atomic mass is 10.1. The number of rotatable bonds is 3. The molecule has 2 unspecified atom stereocenters. The van der Waals surface area contributed by atoms with E-state index < -0.39 is 12.2 Å². The van der Waals surface area contributed by atoms with Gasteiger partial charge in [-0.2, -0.15) is 5.26 Å². The average Bonchev–Trinajstić information content (AvgIpc) is 2.27. The van der Waals surface area contributed by atoms with Crippen molar-refractivity contribution in [3.05, 3.63) is 23.9 Å². The summed E-state index contributed by atoms with van der Waals surface area (Å²) in [6.07, 6.45) is -2.82. The van der Waals surface area contributed by atoms with Gasteiger partial charge in [-0.3, -0.25) is 0 Å². The highest BCUT2D eigenvalue weighted by molar-refractivity contribution is 5.34. The number of pyridine rings is 1. The molecule has 0 spiro atoms. The second-order valence-electron chi connectivity index (χ2n) is 2.61. The Morgan fingerprint density at radius 1 is 1.50 bits per heavy atom. The molecule has 14 heavy (non-hydrogen) atoms. The molecule has 1 aromatic rings. The van der Waals surface area contributed by atoms with Gasteiger partial charge in [-0.05, 0) is 12.1 Å². The van der Waals surface area contributed by atoms with Gasteiger partial charge < -0.3 is 15.6 Å². The lowest BCUT2D eigenvalue weighted by molar-refractivity contribution is 0.0500. The number of nitrogens with zero attached hydrogens (tertiary/aromatic N) is 2. The van der Waals surface area contributed by atoms with E-state index in [2.05, 4.69) is 10.4 Å². The molecule has 6 nitrogen and oxygen atoms in total. The number of aliphatic hydroxyl groups is 2. The van der Waals surface area contributed by atoms with Gasteiger partial charge in [0, 0.05) is 0 Å². The van der Waals surface area contributed by atoms with Crippen molar-refractivity contribution in [2.75, 3.05) is 5.43 Å². The third-order valence-electron chi connectivity index (χ3n) is 1.65. The van der Waals surface area contributed by atoms with Crippen LogP contribution in [0.3, 0.4) is 0 Å². The number of nitriles is 1. The summed E-state index contributed by atoms with van der Waals surface area (Å²) >= 11 is 0. The van der Waals surface area contributed by atoms with Crippen molar-refractivity contribution in [2.45, 2.75) is 12.2 Å². The summed E-state index contributed by atoms with van der Waals surface area (Å²) in [5.74, 6) is 5.46. The molecular formula is C8H10N4O2. The zero-order chi connectivity index (χ0) is 10.6. The molecular weight excluding hydrogens is 184 g/mol. The fraction of sp³-hybridized carbons (Fsp3) is 0.250. The number of aromatic nitrogens is 1. The Bertz CT molecular complexity index is 349. The molecule has 0 fully saturated rings. The fourth-order valence-corrected chi connectivity index (χ4v) is 0.929. The summed E-state index contributed by atoms with van der Waals surface area (Å²) in [5, 5.41) is 26.8. The summed E-state index contributed by atoms with van der Waals surface area (Å²) in [6.45, 7) is 0. The van der Waals surface area contributed by atoms with E-state index in [1.807, 2.05) is 0 Å². The van der Waals surface area contributed by atoms with Gasteiger partial charge in [0.1, 0.15) is 11.9 Å². The molecule has 2 atom stereocenters. The maximum absolute atomic E-state index is 9.41. The SMILES string of the molecule is N#CC(O)C(O)c1cccc(NN)n1. The molecule has 74 valence electrons. The molecule has 5 N–H and O–H groups in total. The quantitative estimate of drug-likeness (QED) is 0.287. The minimum atomic E-state index is -1.49. The lowest BCUT2D eigenvalue weighted by Crippen LogP contribution is -2.18. The first-order valence-electron chi connectivity index (χ1n) is 3.88. The Kier molecular flexibility index (Phi) is 3.36. The largest absolute Gasteiger partial charge is 0.383 e. The van der Waals surface area contributed by atoms with Crippen molar-refractivity contribution in [3.63, 3.8) is 0 Å². The van der Waals surface area contributed by atoms with Gasteiger partial charge in [0.15, 0.2) is 6.10 Å². The lowest BCUT2D eigenvalue weighted by Gasteiger charge is -2.11. The van der Waals surface area contributed by atoms with Crippen LogP contribution >= 0.6 is 0 Å². The van der Waals surface area contributed by atoms with Crippen LogP contribution in [0.1, 0.15) is 11.8 Å². The van der Waals surface area contributed by atoms with E-state index in [-0.39, 0.29) is 5.69 Å². The first-order valence-corrected chi connectivity index (χ1v) is 3.88. The van der Waals surface area contributed by atoms with Crippen molar-refractivity contribution in [2.24, 2.45) is 5.84 Å². The van der Waals surface area contributed by atoms with E-state index in [4.69, 9.17) is 16.2 Å². The van der Waals surface area contributed by atoms with Gasteiger partial charge in [0.25, 0.3) is 0 Å². The normalized spacial score (nSPS) is 14.1. The van der Waals surface area contributed by atoms with Crippen LogP contribution in [0.4, 0.5) is 5.82 Å². The molecule has 0 aliphatic rings. The van der Waals surface area contributed by atoms with Gasteiger partial charge in [-0.15, -0.1) is 0 Å². The number of hydrazine groups is 1. The van der Waals surface area contributed by atoms with Gasteiger partial charge in [-0.1, -0.05) is 6.07 Å². The van der Waals surface area contributed by atoms with Crippen molar-refractivity contribution in [3.8, 4) is 6.07 Å². The third-order valence-corrected chi connectivity index (χ3v) is 1.65. The molecule has 0 bridgehead atoms. The monoisotopic (exact) mass is 194 g/mol. The van der Waals surface area contributed by atoms with Crippen molar-refractivity contribution in [1.29, 1.82) is 5.26 Å². The molecule has 1 rings (SSSR count). The number of nitrogens with one attached hydrogen (secondary N) is 1. The second-order valence-corrected chi connectivity index (χ2v) is 2.61. The Labute approximate surface area is 80.6 Å². The summed E-state index contributed by atoms with van der Waals surface area (Å²) in [5.41, 5.74) is 2.48. The van der Waals surface area contributed by atoms with Gasteiger partial charge in [0.05, 0.1) is 11.8 Å². The van der Waals surface area contributed by atoms with Crippen molar-refractivity contribution < 1.29 is 10.2 Å². The summed E-state index contributed by atoms with van der Waals surface area (Å²) in [7, 11) is 0. The standard InChI is InChI=1S/C8H10N4O2/c9-4-6(13)8(14)5-2-1-3-7(11-5)12-10/h1-3,6,8,13-14H,10H2,(H,11,12). The first kappa shape index (κ1) is 10.4. The molecule has 0 saturated carbocycles. The zero-order valence-corrected chi connectivity index (χ0v) is 7.25. The Morgan fingerprint density at radius 2 is 2.21 bits per heavy atom. The van der Waals surface area contributed by atoms with Crippen LogP contribution in [0, 0.1) is 11.3 Å². The minimum Gasteiger partial charge on any atom is -0.383 e.